The molecule has 1 heterocycles. The summed E-state index contributed by atoms with van der Waals surface area (Å²) < 4.78 is 30.2. The summed E-state index contributed by atoms with van der Waals surface area (Å²) in [7, 11) is 0. The molecule has 1 aromatic carbocycles. The smallest absolute Gasteiger partial charge is 0.387 e. The minimum atomic E-state index is -2.92. The van der Waals surface area contributed by atoms with Crippen molar-refractivity contribution in [1.82, 2.24) is 14.8 Å². The predicted molar refractivity (Wildman–Crippen MR) is 57.1 cm³/mol. The number of alkyl halides is 2. The molecular formula is C10H10F2N4O. The van der Waals surface area contributed by atoms with E-state index in [-0.39, 0.29) is 5.75 Å². The highest BCUT2D eigenvalue weighted by Gasteiger charge is 2.12. The summed E-state index contributed by atoms with van der Waals surface area (Å²) in [6, 6.07) is 4.43. The molecule has 0 radical (unpaired) electrons. The predicted octanol–water partition coefficient (Wildman–Crippen LogP) is 1.76. The first-order valence-electron chi connectivity index (χ1n) is 4.79. The van der Waals surface area contributed by atoms with Gasteiger partial charge in [0.1, 0.15) is 17.8 Å². The quantitative estimate of drug-likeness (QED) is 0.830. The second-order valence-electron chi connectivity index (χ2n) is 3.34. The van der Waals surface area contributed by atoms with Gasteiger partial charge in [0.05, 0.1) is 0 Å². The molecule has 2 aromatic rings. The average Bonchev–Trinajstić information content (AvgIpc) is 2.64. The number of rotatable bonds is 3. The van der Waals surface area contributed by atoms with Crippen molar-refractivity contribution in [1.29, 1.82) is 0 Å². The van der Waals surface area contributed by atoms with Crippen molar-refractivity contribution in [2.24, 2.45) is 0 Å². The Morgan fingerprint density at radius 2 is 2.18 bits per heavy atom. The van der Waals surface area contributed by atoms with Gasteiger partial charge >= 0.3 is 6.61 Å². The fourth-order valence-corrected chi connectivity index (χ4v) is 1.37. The SMILES string of the molecule is Cc1ncn(-c2ccc(N)cc2OC(F)F)n1. The average molecular weight is 240 g/mol. The van der Waals surface area contributed by atoms with E-state index in [1.807, 2.05) is 0 Å². The molecule has 0 unspecified atom stereocenters. The van der Waals surface area contributed by atoms with E-state index < -0.39 is 6.61 Å². The highest BCUT2D eigenvalue weighted by molar-refractivity contribution is 5.55. The van der Waals surface area contributed by atoms with Crippen LogP contribution in [0.4, 0.5) is 14.5 Å². The summed E-state index contributed by atoms with van der Waals surface area (Å²) in [5.74, 6) is 0.495. The summed E-state index contributed by atoms with van der Waals surface area (Å²) in [4.78, 5) is 3.91. The maximum atomic E-state index is 12.2. The monoisotopic (exact) mass is 240 g/mol. The van der Waals surface area contributed by atoms with Gasteiger partial charge in [0.2, 0.25) is 0 Å². The van der Waals surface area contributed by atoms with E-state index in [1.165, 1.54) is 17.1 Å². The van der Waals surface area contributed by atoms with Crippen LogP contribution in [0.2, 0.25) is 0 Å². The van der Waals surface area contributed by atoms with Crippen molar-refractivity contribution < 1.29 is 13.5 Å². The van der Waals surface area contributed by atoms with Crippen molar-refractivity contribution in [3.63, 3.8) is 0 Å². The first-order chi connectivity index (χ1) is 8.06. The molecule has 0 atom stereocenters. The summed E-state index contributed by atoms with van der Waals surface area (Å²) >= 11 is 0. The van der Waals surface area contributed by atoms with E-state index in [2.05, 4.69) is 14.8 Å². The fraction of sp³-hybridized carbons (Fsp3) is 0.200. The van der Waals surface area contributed by atoms with E-state index in [0.29, 0.717) is 17.2 Å². The molecule has 0 aliphatic rings. The highest BCUT2D eigenvalue weighted by atomic mass is 19.3. The van der Waals surface area contributed by atoms with Gasteiger partial charge in [-0.05, 0) is 19.1 Å². The molecule has 0 bridgehead atoms. The lowest BCUT2D eigenvalue weighted by molar-refractivity contribution is -0.0498. The zero-order valence-electron chi connectivity index (χ0n) is 8.97. The van der Waals surface area contributed by atoms with Crippen molar-refractivity contribution in [3.8, 4) is 11.4 Å². The zero-order chi connectivity index (χ0) is 12.4. The second-order valence-corrected chi connectivity index (χ2v) is 3.34. The standard InChI is InChI=1S/C10H10F2N4O/c1-6-14-5-16(15-6)8-3-2-7(13)4-9(8)17-10(11)12/h2-5,10H,13H2,1H3. The van der Waals surface area contributed by atoms with Crippen molar-refractivity contribution in [3.05, 3.63) is 30.4 Å². The number of nitrogens with two attached hydrogens (primary N) is 1. The largest absolute Gasteiger partial charge is 0.432 e. The molecular weight excluding hydrogens is 230 g/mol. The lowest BCUT2D eigenvalue weighted by Crippen LogP contribution is -2.07. The number of nitrogens with zero attached hydrogens (tertiary/aromatic N) is 3. The maximum absolute atomic E-state index is 12.2. The number of aryl methyl sites for hydroxylation is 1. The third kappa shape index (κ3) is 2.49. The Morgan fingerprint density at radius 3 is 2.76 bits per heavy atom. The molecule has 0 saturated heterocycles. The Morgan fingerprint density at radius 1 is 1.41 bits per heavy atom. The minimum absolute atomic E-state index is 0.0371. The van der Waals surface area contributed by atoms with E-state index in [9.17, 15) is 8.78 Å². The molecule has 0 aliphatic carbocycles. The molecule has 17 heavy (non-hydrogen) atoms. The number of hydrogen-bond acceptors (Lipinski definition) is 4. The number of benzene rings is 1. The number of anilines is 1. The molecule has 90 valence electrons. The summed E-state index contributed by atoms with van der Waals surface area (Å²) in [6.07, 6.45) is 1.42. The first-order valence-corrected chi connectivity index (χ1v) is 4.79. The third-order valence-electron chi connectivity index (χ3n) is 2.05. The minimum Gasteiger partial charge on any atom is -0.432 e. The highest BCUT2D eigenvalue weighted by Crippen LogP contribution is 2.26. The molecule has 1 aromatic heterocycles. The van der Waals surface area contributed by atoms with Crippen LogP contribution in [0.1, 0.15) is 5.82 Å². The van der Waals surface area contributed by atoms with Gasteiger partial charge in [-0.3, -0.25) is 0 Å². The van der Waals surface area contributed by atoms with Gasteiger partial charge in [-0.2, -0.15) is 13.9 Å². The van der Waals surface area contributed by atoms with Gasteiger partial charge in [0.25, 0.3) is 0 Å². The molecule has 0 saturated carbocycles. The van der Waals surface area contributed by atoms with Crippen LogP contribution >= 0.6 is 0 Å². The van der Waals surface area contributed by atoms with Gasteiger partial charge < -0.3 is 10.5 Å². The maximum Gasteiger partial charge on any atom is 0.387 e. The summed E-state index contributed by atoms with van der Waals surface area (Å²) in [5, 5.41) is 4.02. The van der Waals surface area contributed by atoms with Crippen LogP contribution in [0, 0.1) is 6.92 Å². The van der Waals surface area contributed by atoms with Crippen molar-refractivity contribution >= 4 is 5.69 Å². The van der Waals surface area contributed by atoms with E-state index in [4.69, 9.17) is 5.73 Å². The van der Waals surface area contributed by atoms with E-state index >= 15 is 0 Å². The number of ether oxygens (including phenoxy) is 1. The Labute approximate surface area is 95.8 Å². The Hall–Kier alpha value is -2.18. The lowest BCUT2D eigenvalue weighted by Gasteiger charge is -2.10. The number of aromatic nitrogens is 3. The topological polar surface area (TPSA) is 66.0 Å². The van der Waals surface area contributed by atoms with Crippen LogP contribution in [-0.4, -0.2) is 21.4 Å². The Balaban J connectivity index is 2.45. The van der Waals surface area contributed by atoms with Gasteiger partial charge in [-0.25, -0.2) is 9.67 Å². The van der Waals surface area contributed by atoms with Gasteiger partial charge in [-0.15, -0.1) is 0 Å². The molecule has 2 rings (SSSR count). The van der Waals surface area contributed by atoms with Gasteiger partial charge in [0.15, 0.2) is 5.75 Å². The van der Waals surface area contributed by atoms with E-state index in [0.717, 1.165) is 0 Å². The lowest BCUT2D eigenvalue weighted by atomic mass is 10.2. The molecule has 2 N–H and O–H groups in total. The first kappa shape index (κ1) is 11.3. The normalized spacial score (nSPS) is 10.8. The van der Waals surface area contributed by atoms with Crippen LogP contribution in [0.5, 0.6) is 5.75 Å². The molecule has 0 spiro atoms. The van der Waals surface area contributed by atoms with Crippen LogP contribution in [-0.2, 0) is 0 Å². The van der Waals surface area contributed by atoms with Crippen molar-refractivity contribution in [2.75, 3.05) is 5.73 Å². The molecule has 0 aliphatic heterocycles. The van der Waals surface area contributed by atoms with Gasteiger partial charge in [-0.1, -0.05) is 0 Å². The molecule has 7 heteroatoms. The number of halogens is 2. The molecule has 0 fully saturated rings. The van der Waals surface area contributed by atoms with Gasteiger partial charge in [0, 0.05) is 11.8 Å². The fourth-order valence-electron chi connectivity index (χ4n) is 1.37. The number of hydrogen-bond donors (Lipinski definition) is 1. The van der Waals surface area contributed by atoms with Crippen molar-refractivity contribution in [2.45, 2.75) is 13.5 Å². The number of nitrogen functional groups attached to an aromatic ring is 1. The summed E-state index contributed by atoms with van der Waals surface area (Å²) in [5.41, 5.74) is 6.21. The van der Waals surface area contributed by atoms with Crippen LogP contribution in [0.3, 0.4) is 0 Å². The Kier molecular flexibility index (Phi) is 2.90. The van der Waals surface area contributed by atoms with E-state index in [1.54, 1.807) is 19.1 Å². The van der Waals surface area contributed by atoms with Crippen LogP contribution in [0.15, 0.2) is 24.5 Å². The molecule has 5 nitrogen and oxygen atoms in total. The molecule has 0 amide bonds. The van der Waals surface area contributed by atoms with Crippen LogP contribution in [0.25, 0.3) is 5.69 Å². The third-order valence-corrected chi connectivity index (χ3v) is 2.05. The second kappa shape index (κ2) is 4.36. The Bertz CT molecular complexity index is 527. The zero-order valence-corrected chi connectivity index (χ0v) is 8.97. The van der Waals surface area contributed by atoms with Crippen LogP contribution < -0.4 is 10.5 Å². The summed E-state index contributed by atoms with van der Waals surface area (Å²) in [6.45, 7) is -1.22.